The van der Waals surface area contributed by atoms with Crippen LogP contribution in [0.5, 0.6) is 5.75 Å². The van der Waals surface area contributed by atoms with Crippen LogP contribution in [0, 0.1) is 23.0 Å². The fourth-order valence-corrected chi connectivity index (χ4v) is 2.73. The van der Waals surface area contributed by atoms with Crippen LogP contribution in [-0.4, -0.2) is 29.0 Å². The standard InChI is InChI=1S/C19H20N2O6/c1-11-15(21(25)26)9-14(10-16(11)27-3)18(22)20-17(12(2)19(23)24)13-7-5-4-6-8-13/h4-10,12,17H,1-3H3,(H,20,22)(H,23,24). The van der Waals surface area contributed by atoms with Gasteiger partial charge >= 0.3 is 5.97 Å². The molecule has 27 heavy (non-hydrogen) atoms. The van der Waals surface area contributed by atoms with Crippen molar-refractivity contribution in [3.8, 4) is 5.75 Å². The number of ether oxygens (including phenoxy) is 1. The first kappa shape index (κ1) is 19.9. The molecule has 0 aliphatic rings. The van der Waals surface area contributed by atoms with Crippen molar-refractivity contribution in [2.75, 3.05) is 7.11 Å². The summed E-state index contributed by atoms with van der Waals surface area (Å²) in [7, 11) is 1.35. The highest BCUT2D eigenvalue weighted by Gasteiger charge is 2.28. The fourth-order valence-electron chi connectivity index (χ4n) is 2.73. The molecule has 2 atom stereocenters. The summed E-state index contributed by atoms with van der Waals surface area (Å²) in [6.45, 7) is 3.01. The van der Waals surface area contributed by atoms with Gasteiger partial charge in [-0.25, -0.2) is 0 Å². The van der Waals surface area contributed by atoms with E-state index in [2.05, 4.69) is 5.32 Å². The average molecular weight is 372 g/mol. The van der Waals surface area contributed by atoms with Crippen LogP contribution in [-0.2, 0) is 4.79 Å². The molecular formula is C19H20N2O6. The Labute approximate surface area is 155 Å². The number of nitrogens with one attached hydrogen (secondary N) is 1. The Hall–Kier alpha value is -3.42. The van der Waals surface area contributed by atoms with Gasteiger partial charge in [0.15, 0.2) is 0 Å². The van der Waals surface area contributed by atoms with Crippen LogP contribution in [0.2, 0.25) is 0 Å². The summed E-state index contributed by atoms with van der Waals surface area (Å²) in [6.07, 6.45) is 0. The smallest absolute Gasteiger partial charge is 0.308 e. The normalized spacial score (nSPS) is 12.7. The van der Waals surface area contributed by atoms with Gasteiger partial charge in [0.25, 0.3) is 11.6 Å². The minimum Gasteiger partial charge on any atom is -0.496 e. The molecule has 2 aromatic rings. The number of nitro benzene ring substituents is 1. The van der Waals surface area contributed by atoms with Crippen LogP contribution >= 0.6 is 0 Å². The predicted molar refractivity (Wildman–Crippen MR) is 97.8 cm³/mol. The SMILES string of the molecule is COc1cc(C(=O)NC(c2ccccc2)C(C)C(=O)O)cc([N+](=O)[O-])c1C. The number of carbonyl (C=O) groups is 2. The van der Waals surface area contributed by atoms with Crippen molar-refractivity contribution in [1.29, 1.82) is 0 Å². The predicted octanol–water partition coefficient (Wildman–Crippen LogP) is 3.10. The Kier molecular flexibility index (Phi) is 6.12. The number of benzene rings is 2. The molecule has 8 nitrogen and oxygen atoms in total. The van der Waals surface area contributed by atoms with E-state index in [1.54, 1.807) is 30.3 Å². The summed E-state index contributed by atoms with van der Waals surface area (Å²) < 4.78 is 5.12. The Morgan fingerprint density at radius 1 is 1.22 bits per heavy atom. The number of aliphatic carboxylic acids is 1. The van der Waals surface area contributed by atoms with Gasteiger partial charge in [0, 0.05) is 11.6 Å². The van der Waals surface area contributed by atoms with Crippen molar-refractivity contribution in [3.63, 3.8) is 0 Å². The molecule has 0 heterocycles. The van der Waals surface area contributed by atoms with E-state index in [1.165, 1.54) is 27.0 Å². The van der Waals surface area contributed by atoms with Gasteiger partial charge in [0.2, 0.25) is 0 Å². The van der Waals surface area contributed by atoms with Crippen LogP contribution in [0.4, 0.5) is 5.69 Å². The van der Waals surface area contributed by atoms with E-state index in [0.29, 0.717) is 11.1 Å². The lowest BCUT2D eigenvalue weighted by Gasteiger charge is -2.23. The molecule has 0 fully saturated rings. The Morgan fingerprint density at radius 2 is 1.85 bits per heavy atom. The van der Waals surface area contributed by atoms with Gasteiger partial charge in [0.05, 0.1) is 29.6 Å². The van der Waals surface area contributed by atoms with Gasteiger partial charge in [-0.05, 0) is 25.5 Å². The highest BCUT2D eigenvalue weighted by Crippen LogP contribution is 2.30. The average Bonchev–Trinajstić information content (AvgIpc) is 2.65. The van der Waals surface area contributed by atoms with Crippen molar-refractivity contribution in [2.24, 2.45) is 5.92 Å². The maximum atomic E-state index is 12.7. The molecule has 2 N–H and O–H groups in total. The minimum atomic E-state index is -1.07. The van der Waals surface area contributed by atoms with Crippen LogP contribution in [0.25, 0.3) is 0 Å². The molecular weight excluding hydrogens is 352 g/mol. The Bertz CT molecular complexity index is 866. The van der Waals surface area contributed by atoms with Crippen LogP contribution in [0.15, 0.2) is 42.5 Å². The number of carboxylic acids is 1. The third-order valence-electron chi connectivity index (χ3n) is 4.35. The molecule has 0 aliphatic heterocycles. The number of carboxylic acid groups (broad SMARTS) is 1. The zero-order chi connectivity index (χ0) is 20.1. The van der Waals surface area contributed by atoms with E-state index >= 15 is 0 Å². The lowest BCUT2D eigenvalue weighted by atomic mass is 9.94. The number of hydrogen-bond acceptors (Lipinski definition) is 5. The minimum absolute atomic E-state index is 0.0164. The van der Waals surface area contributed by atoms with E-state index in [1.807, 2.05) is 0 Å². The molecule has 0 saturated heterocycles. The number of carbonyl (C=O) groups excluding carboxylic acids is 1. The molecule has 8 heteroatoms. The first-order valence-corrected chi connectivity index (χ1v) is 8.18. The molecule has 2 unspecified atom stereocenters. The number of rotatable bonds is 7. The molecule has 0 spiro atoms. The van der Waals surface area contributed by atoms with Gasteiger partial charge < -0.3 is 15.2 Å². The molecule has 142 valence electrons. The molecule has 0 bridgehead atoms. The van der Waals surface area contributed by atoms with E-state index < -0.39 is 28.8 Å². The van der Waals surface area contributed by atoms with E-state index in [-0.39, 0.29) is 17.0 Å². The number of amides is 1. The monoisotopic (exact) mass is 372 g/mol. The Morgan fingerprint density at radius 3 is 2.37 bits per heavy atom. The summed E-state index contributed by atoms with van der Waals surface area (Å²) in [6, 6.07) is 10.4. The van der Waals surface area contributed by atoms with Gasteiger partial charge in [-0.3, -0.25) is 19.7 Å². The number of methoxy groups -OCH3 is 1. The first-order valence-electron chi connectivity index (χ1n) is 8.18. The summed E-state index contributed by atoms with van der Waals surface area (Å²) in [5, 5.41) is 23.3. The quantitative estimate of drug-likeness (QED) is 0.569. The van der Waals surface area contributed by atoms with Crippen molar-refractivity contribution >= 4 is 17.6 Å². The maximum Gasteiger partial charge on any atom is 0.308 e. The molecule has 0 aliphatic carbocycles. The van der Waals surface area contributed by atoms with Crippen molar-refractivity contribution in [1.82, 2.24) is 5.32 Å². The Balaban J connectivity index is 2.42. The highest BCUT2D eigenvalue weighted by atomic mass is 16.6. The lowest BCUT2D eigenvalue weighted by molar-refractivity contribution is -0.385. The summed E-state index contributed by atoms with van der Waals surface area (Å²) in [5.41, 5.74) is 0.691. The van der Waals surface area contributed by atoms with E-state index in [0.717, 1.165) is 6.07 Å². The van der Waals surface area contributed by atoms with Gasteiger partial charge in [-0.15, -0.1) is 0 Å². The molecule has 2 aromatic carbocycles. The number of nitro groups is 1. The molecule has 0 radical (unpaired) electrons. The molecule has 1 amide bonds. The summed E-state index contributed by atoms with van der Waals surface area (Å²) in [4.78, 5) is 34.8. The zero-order valence-electron chi connectivity index (χ0n) is 15.1. The second kappa shape index (κ2) is 8.31. The summed E-state index contributed by atoms with van der Waals surface area (Å²) in [5.74, 6) is -2.40. The fraction of sp³-hybridized carbons (Fsp3) is 0.263. The number of hydrogen-bond donors (Lipinski definition) is 2. The van der Waals surface area contributed by atoms with Crippen LogP contribution < -0.4 is 10.1 Å². The van der Waals surface area contributed by atoms with Crippen molar-refractivity contribution in [2.45, 2.75) is 19.9 Å². The first-order chi connectivity index (χ1) is 12.8. The van der Waals surface area contributed by atoms with Gasteiger partial charge in [0.1, 0.15) is 5.75 Å². The summed E-state index contributed by atoms with van der Waals surface area (Å²) >= 11 is 0. The number of nitrogens with zero attached hydrogens (tertiary/aromatic N) is 1. The highest BCUT2D eigenvalue weighted by molar-refractivity contribution is 5.96. The van der Waals surface area contributed by atoms with Crippen molar-refractivity contribution < 1.29 is 24.4 Å². The lowest BCUT2D eigenvalue weighted by Crippen LogP contribution is -2.35. The zero-order valence-corrected chi connectivity index (χ0v) is 15.1. The molecule has 0 aromatic heterocycles. The third-order valence-corrected chi connectivity index (χ3v) is 4.35. The van der Waals surface area contributed by atoms with Crippen molar-refractivity contribution in [3.05, 3.63) is 69.3 Å². The van der Waals surface area contributed by atoms with Gasteiger partial charge in [-0.2, -0.15) is 0 Å². The van der Waals surface area contributed by atoms with Gasteiger partial charge in [-0.1, -0.05) is 30.3 Å². The molecule has 0 saturated carbocycles. The van der Waals surface area contributed by atoms with E-state index in [4.69, 9.17) is 4.74 Å². The van der Waals surface area contributed by atoms with Crippen LogP contribution in [0.3, 0.4) is 0 Å². The third kappa shape index (κ3) is 4.41. The van der Waals surface area contributed by atoms with Crippen LogP contribution in [0.1, 0.15) is 34.5 Å². The second-order valence-electron chi connectivity index (χ2n) is 6.07. The van der Waals surface area contributed by atoms with E-state index in [9.17, 15) is 24.8 Å². The second-order valence-corrected chi connectivity index (χ2v) is 6.07. The molecule has 2 rings (SSSR count). The largest absolute Gasteiger partial charge is 0.496 e. The topological polar surface area (TPSA) is 119 Å². The maximum absolute atomic E-state index is 12.7.